The third kappa shape index (κ3) is 4.78. The SMILES string of the molecule is Cc1cc(-c2cc(C(F)F)n3ncc(C(=O)Nc4nc(C)c(S(N)(=O)=O)s4)c3n2)ccc1C(F)(F)F. The molecule has 3 heterocycles. The van der Waals surface area contributed by atoms with Gasteiger partial charge in [0.05, 0.1) is 23.1 Å². The number of carbonyl (C=O) groups excluding carboxylic acids is 1. The molecule has 9 nitrogen and oxygen atoms in total. The lowest BCUT2D eigenvalue weighted by atomic mass is 10.0. The van der Waals surface area contributed by atoms with Crippen LogP contribution in [0, 0.1) is 13.8 Å². The summed E-state index contributed by atoms with van der Waals surface area (Å²) in [4.78, 5) is 21.0. The van der Waals surface area contributed by atoms with E-state index in [4.69, 9.17) is 5.14 Å². The Kier molecular flexibility index (Phi) is 6.30. The Morgan fingerprint density at radius 1 is 1.17 bits per heavy atom. The number of nitrogens with zero attached hydrogens (tertiary/aromatic N) is 4. The molecule has 0 saturated carbocycles. The monoisotopic (exact) mass is 546 g/mol. The van der Waals surface area contributed by atoms with E-state index in [1.165, 1.54) is 13.8 Å². The van der Waals surface area contributed by atoms with Gasteiger partial charge < -0.3 is 0 Å². The van der Waals surface area contributed by atoms with Gasteiger partial charge in [0.1, 0.15) is 11.3 Å². The average molecular weight is 547 g/mol. The van der Waals surface area contributed by atoms with Crippen molar-refractivity contribution < 1.29 is 35.2 Å². The number of sulfonamides is 1. The van der Waals surface area contributed by atoms with Gasteiger partial charge in [-0.25, -0.2) is 36.8 Å². The van der Waals surface area contributed by atoms with Crippen molar-refractivity contribution >= 4 is 38.0 Å². The normalized spacial score (nSPS) is 12.5. The van der Waals surface area contributed by atoms with Crippen molar-refractivity contribution in [3.05, 3.63) is 58.5 Å². The molecule has 0 fully saturated rings. The number of rotatable bonds is 5. The Balaban J connectivity index is 1.79. The number of carbonyl (C=O) groups is 1. The fraction of sp³-hybridized carbons (Fsp3) is 0.200. The van der Waals surface area contributed by atoms with Crippen LogP contribution in [-0.4, -0.2) is 33.9 Å². The van der Waals surface area contributed by atoms with Gasteiger partial charge in [0, 0.05) is 5.56 Å². The molecule has 0 radical (unpaired) electrons. The predicted octanol–water partition coefficient (Wildman–Crippen LogP) is 4.33. The van der Waals surface area contributed by atoms with Crippen LogP contribution in [0.4, 0.5) is 27.1 Å². The number of amides is 1. The van der Waals surface area contributed by atoms with E-state index in [-0.39, 0.29) is 43.1 Å². The molecule has 0 saturated heterocycles. The number of aromatic nitrogens is 4. The number of halogens is 5. The average Bonchev–Trinajstić information content (AvgIpc) is 3.34. The molecule has 190 valence electrons. The number of nitrogens with two attached hydrogens (primary N) is 1. The number of hydrogen-bond donors (Lipinski definition) is 2. The van der Waals surface area contributed by atoms with Gasteiger partial charge in [0.25, 0.3) is 12.3 Å². The van der Waals surface area contributed by atoms with Gasteiger partial charge in [-0.3, -0.25) is 10.1 Å². The zero-order chi connectivity index (χ0) is 26.6. The Morgan fingerprint density at radius 2 is 1.86 bits per heavy atom. The Bertz CT molecular complexity index is 1610. The Morgan fingerprint density at radius 3 is 2.42 bits per heavy atom. The van der Waals surface area contributed by atoms with Gasteiger partial charge in [-0.2, -0.15) is 18.3 Å². The first-order chi connectivity index (χ1) is 16.7. The Hall–Kier alpha value is -3.50. The highest BCUT2D eigenvalue weighted by Crippen LogP contribution is 2.35. The molecule has 1 aromatic carbocycles. The fourth-order valence-electron chi connectivity index (χ4n) is 3.45. The van der Waals surface area contributed by atoms with Crippen molar-refractivity contribution in [1.29, 1.82) is 0 Å². The number of primary sulfonamides is 1. The molecule has 0 unspecified atom stereocenters. The Labute approximate surface area is 203 Å². The van der Waals surface area contributed by atoms with Crippen LogP contribution in [0.5, 0.6) is 0 Å². The minimum atomic E-state index is -4.60. The summed E-state index contributed by atoms with van der Waals surface area (Å²) in [7, 11) is -4.08. The van der Waals surface area contributed by atoms with Gasteiger partial charge >= 0.3 is 6.18 Å². The second kappa shape index (κ2) is 8.86. The highest BCUT2D eigenvalue weighted by molar-refractivity contribution is 7.91. The zero-order valence-corrected chi connectivity index (χ0v) is 19.9. The topological polar surface area (TPSA) is 132 Å². The third-order valence-corrected chi connectivity index (χ3v) is 7.65. The smallest absolute Gasteiger partial charge is 0.298 e. The molecule has 36 heavy (non-hydrogen) atoms. The van der Waals surface area contributed by atoms with Crippen LogP contribution >= 0.6 is 11.3 Å². The number of aryl methyl sites for hydroxylation is 2. The van der Waals surface area contributed by atoms with Crippen LogP contribution in [0.3, 0.4) is 0 Å². The van der Waals surface area contributed by atoms with Crippen molar-refractivity contribution in [1.82, 2.24) is 19.6 Å². The number of nitrogens with one attached hydrogen (secondary N) is 1. The second-order valence-electron chi connectivity index (χ2n) is 7.58. The van der Waals surface area contributed by atoms with Crippen LogP contribution in [-0.2, 0) is 16.2 Å². The largest absolute Gasteiger partial charge is 0.416 e. The first-order valence-corrected chi connectivity index (χ1v) is 12.2. The van der Waals surface area contributed by atoms with Gasteiger partial charge in [0.2, 0.25) is 10.0 Å². The zero-order valence-electron chi connectivity index (χ0n) is 18.3. The van der Waals surface area contributed by atoms with Crippen molar-refractivity contribution in [2.45, 2.75) is 30.7 Å². The highest BCUT2D eigenvalue weighted by Gasteiger charge is 2.32. The highest BCUT2D eigenvalue weighted by atomic mass is 32.2. The summed E-state index contributed by atoms with van der Waals surface area (Å²) < 4.78 is 90.6. The van der Waals surface area contributed by atoms with Crippen LogP contribution in [0.1, 0.15) is 39.3 Å². The summed E-state index contributed by atoms with van der Waals surface area (Å²) in [5.41, 5.74) is -2.16. The number of hydrogen-bond acceptors (Lipinski definition) is 7. The van der Waals surface area contributed by atoms with Crippen molar-refractivity contribution in [2.75, 3.05) is 5.32 Å². The first kappa shape index (κ1) is 25.6. The van der Waals surface area contributed by atoms with Crippen molar-refractivity contribution in [2.24, 2.45) is 5.14 Å². The van der Waals surface area contributed by atoms with Gasteiger partial charge in [-0.05, 0) is 37.6 Å². The van der Waals surface area contributed by atoms with Gasteiger partial charge in [0.15, 0.2) is 15.0 Å². The molecule has 4 aromatic rings. The summed E-state index contributed by atoms with van der Waals surface area (Å²) in [5.74, 6) is -0.881. The summed E-state index contributed by atoms with van der Waals surface area (Å²) >= 11 is 0.595. The quantitative estimate of drug-likeness (QED) is 0.358. The molecule has 3 aromatic heterocycles. The molecule has 0 atom stereocenters. The fourth-order valence-corrected chi connectivity index (χ4v) is 5.31. The third-order valence-electron chi connectivity index (χ3n) is 5.03. The number of alkyl halides is 5. The first-order valence-electron chi connectivity index (χ1n) is 9.83. The molecule has 0 aliphatic rings. The number of thiazole rings is 1. The van der Waals surface area contributed by atoms with E-state index in [2.05, 4.69) is 20.4 Å². The minimum absolute atomic E-state index is 0.0516. The molecule has 16 heteroatoms. The van der Waals surface area contributed by atoms with Crippen LogP contribution in [0.25, 0.3) is 16.9 Å². The number of fused-ring (bicyclic) bond motifs is 1. The summed E-state index contributed by atoms with van der Waals surface area (Å²) in [6, 6.07) is 4.03. The van der Waals surface area contributed by atoms with Crippen LogP contribution < -0.4 is 10.5 Å². The van der Waals surface area contributed by atoms with Crippen LogP contribution in [0.15, 0.2) is 34.7 Å². The van der Waals surface area contributed by atoms with Crippen molar-refractivity contribution in [3.63, 3.8) is 0 Å². The van der Waals surface area contributed by atoms with E-state index >= 15 is 0 Å². The van der Waals surface area contributed by atoms with E-state index in [9.17, 15) is 35.2 Å². The molecule has 0 bridgehead atoms. The summed E-state index contributed by atoms with van der Waals surface area (Å²) in [5, 5.41) is 11.1. The van der Waals surface area contributed by atoms with E-state index in [0.29, 0.717) is 11.3 Å². The second-order valence-corrected chi connectivity index (χ2v) is 10.3. The lowest BCUT2D eigenvalue weighted by Gasteiger charge is -2.13. The molecule has 0 spiro atoms. The molecular weight excluding hydrogens is 531 g/mol. The molecule has 0 aliphatic carbocycles. The van der Waals surface area contributed by atoms with Gasteiger partial charge in [-0.1, -0.05) is 17.4 Å². The van der Waals surface area contributed by atoms with Crippen molar-refractivity contribution in [3.8, 4) is 11.3 Å². The van der Waals surface area contributed by atoms with Gasteiger partial charge in [-0.15, -0.1) is 0 Å². The molecule has 4 rings (SSSR count). The summed E-state index contributed by atoms with van der Waals surface area (Å²) in [6.45, 7) is 2.60. The minimum Gasteiger partial charge on any atom is -0.298 e. The maximum absolute atomic E-state index is 13.8. The van der Waals surface area contributed by atoms with E-state index < -0.39 is 39.8 Å². The van der Waals surface area contributed by atoms with E-state index in [1.807, 2.05) is 0 Å². The molecule has 0 aliphatic heterocycles. The lowest BCUT2D eigenvalue weighted by molar-refractivity contribution is -0.138. The maximum atomic E-state index is 13.8. The number of benzene rings is 1. The summed E-state index contributed by atoms with van der Waals surface area (Å²) in [6.07, 6.45) is -6.67. The molecular formula is C20H15F5N6O3S2. The lowest BCUT2D eigenvalue weighted by Crippen LogP contribution is -2.13. The predicted molar refractivity (Wildman–Crippen MR) is 119 cm³/mol. The maximum Gasteiger partial charge on any atom is 0.416 e. The molecule has 3 N–H and O–H groups in total. The van der Waals surface area contributed by atoms with E-state index in [1.54, 1.807) is 0 Å². The molecule has 1 amide bonds. The van der Waals surface area contributed by atoms with Crippen LogP contribution in [0.2, 0.25) is 0 Å². The number of anilines is 1. The standard InChI is InChI=1S/C20H15F5N6O3S2/c1-8-5-10(3-4-12(8)20(23,24)25)13-6-14(15(21)22)31-16(29-13)11(7-27-31)17(32)30-19-28-9(2)18(35-19)36(26,33)34/h3-7,15H,1-2H3,(H2,26,33,34)(H,28,30,32). The van der Waals surface area contributed by atoms with E-state index in [0.717, 1.165) is 35.0 Å².